The van der Waals surface area contributed by atoms with E-state index in [0.29, 0.717) is 29.3 Å². The van der Waals surface area contributed by atoms with E-state index in [-0.39, 0.29) is 6.03 Å². The van der Waals surface area contributed by atoms with Gasteiger partial charge in [0.15, 0.2) is 0 Å². The maximum Gasteiger partial charge on any atom is 0.323 e. The number of carbonyl (C=O) groups excluding carboxylic acids is 1. The Morgan fingerprint density at radius 1 is 1.18 bits per heavy atom. The molecule has 0 atom stereocenters. The number of anilines is 2. The molecule has 0 aliphatic rings. The van der Waals surface area contributed by atoms with E-state index in [0.717, 1.165) is 0 Å². The summed E-state index contributed by atoms with van der Waals surface area (Å²) < 4.78 is 5.36. The van der Waals surface area contributed by atoms with Crippen molar-refractivity contribution in [3.05, 3.63) is 66.7 Å². The number of nitrogens with zero attached hydrogens (tertiary/aromatic N) is 1. The van der Waals surface area contributed by atoms with Gasteiger partial charge in [0.05, 0.1) is 11.6 Å². The largest absolute Gasteiger partial charge is 0.490 e. The summed E-state index contributed by atoms with van der Waals surface area (Å²) in [7, 11) is 0. The first kappa shape index (κ1) is 15.1. The highest BCUT2D eigenvalue weighted by Crippen LogP contribution is 2.16. The fourth-order valence-electron chi connectivity index (χ4n) is 1.75. The van der Waals surface area contributed by atoms with E-state index < -0.39 is 0 Å². The van der Waals surface area contributed by atoms with Crippen LogP contribution in [0.4, 0.5) is 16.2 Å². The fraction of sp³-hybridized carbons (Fsp3) is 0.0588. The van der Waals surface area contributed by atoms with Crippen LogP contribution >= 0.6 is 0 Å². The number of carbonyl (C=O) groups is 1. The average molecular weight is 293 g/mol. The van der Waals surface area contributed by atoms with Gasteiger partial charge in [0.1, 0.15) is 12.4 Å². The summed E-state index contributed by atoms with van der Waals surface area (Å²) in [5.74, 6) is 0.701. The van der Waals surface area contributed by atoms with Gasteiger partial charge in [0.2, 0.25) is 0 Å². The third-order valence-electron chi connectivity index (χ3n) is 2.73. The molecule has 2 rings (SSSR count). The number of benzene rings is 2. The van der Waals surface area contributed by atoms with Gasteiger partial charge in [-0.3, -0.25) is 0 Å². The molecule has 0 saturated heterocycles. The minimum Gasteiger partial charge on any atom is -0.490 e. The molecule has 0 unspecified atom stereocenters. The minimum absolute atomic E-state index is 0.380. The zero-order valence-corrected chi connectivity index (χ0v) is 11.9. The molecule has 2 aromatic carbocycles. The Labute approximate surface area is 128 Å². The van der Waals surface area contributed by atoms with Crippen molar-refractivity contribution in [1.29, 1.82) is 5.26 Å². The summed E-state index contributed by atoms with van der Waals surface area (Å²) in [6.45, 7) is 4.01. The van der Waals surface area contributed by atoms with Crippen molar-refractivity contribution in [2.45, 2.75) is 0 Å². The van der Waals surface area contributed by atoms with Crippen molar-refractivity contribution in [2.75, 3.05) is 17.2 Å². The van der Waals surface area contributed by atoms with Crippen LogP contribution in [0.5, 0.6) is 5.75 Å². The first-order valence-corrected chi connectivity index (χ1v) is 6.63. The number of rotatable bonds is 5. The van der Waals surface area contributed by atoms with Gasteiger partial charge in [-0.15, -0.1) is 0 Å². The fourth-order valence-corrected chi connectivity index (χ4v) is 1.75. The number of hydrogen-bond acceptors (Lipinski definition) is 3. The van der Waals surface area contributed by atoms with Crippen molar-refractivity contribution >= 4 is 17.4 Å². The number of nitriles is 1. The Morgan fingerprint density at radius 3 is 2.59 bits per heavy atom. The van der Waals surface area contributed by atoms with Gasteiger partial charge in [-0.25, -0.2) is 4.79 Å². The second kappa shape index (κ2) is 7.50. The van der Waals surface area contributed by atoms with Crippen molar-refractivity contribution < 1.29 is 9.53 Å². The van der Waals surface area contributed by atoms with Crippen LogP contribution in [0, 0.1) is 11.3 Å². The molecule has 0 saturated carbocycles. The Morgan fingerprint density at radius 2 is 1.91 bits per heavy atom. The lowest BCUT2D eigenvalue weighted by Gasteiger charge is -2.09. The molecule has 0 fully saturated rings. The lowest BCUT2D eigenvalue weighted by molar-refractivity contribution is 0.262. The lowest BCUT2D eigenvalue weighted by atomic mass is 10.2. The molecule has 0 heterocycles. The normalized spacial score (nSPS) is 9.41. The lowest BCUT2D eigenvalue weighted by Crippen LogP contribution is -2.19. The molecule has 0 radical (unpaired) electrons. The van der Waals surface area contributed by atoms with Crippen LogP contribution in [0.25, 0.3) is 0 Å². The van der Waals surface area contributed by atoms with E-state index in [1.165, 1.54) is 0 Å². The predicted octanol–water partition coefficient (Wildman–Crippen LogP) is 3.77. The zero-order valence-electron chi connectivity index (χ0n) is 11.9. The maximum absolute atomic E-state index is 11.9. The Hall–Kier alpha value is -3.26. The Balaban J connectivity index is 1.94. The van der Waals surface area contributed by atoms with Gasteiger partial charge in [-0.1, -0.05) is 18.7 Å². The molecule has 0 aliphatic heterocycles. The van der Waals surface area contributed by atoms with E-state index in [2.05, 4.69) is 17.2 Å². The molecule has 5 nitrogen and oxygen atoms in total. The van der Waals surface area contributed by atoms with Crippen LogP contribution in [-0.2, 0) is 0 Å². The van der Waals surface area contributed by atoms with Crippen molar-refractivity contribution in [3.63, 3.8) is 0 Å². The van der Waals surface area contributed by atoms with E-state index in [1.807, 2.05) is 6.07 Å². The number of ether oxygens (including phenoxy) is 1. The van der Waals surface area contributed by atoms with E-state index in [4.69, 9.17) is 10.00 Å². The number of nitrogens with one attached hydrogen (secondary N) is 2. The van der Waals surface area contributed by atoms with E-state index in [1.54, 1.807) is 54.6 Å². The minimum atomic E-state index is -0.380. The van der Waals surface area contributed by atoms with Crippen molar-refractivity contribution in [1.82, 2.24) is 0 Å². The van der Waals surface area contributed by atoms with Gasteiger partial charge in [-0.05, 0) is 42.5 Å². The number of urea groups is 1. The Bertz CT molecular complexity index is 703. The number of hydrogen-bond donors (Lipinski definition) is 2. The molecule has 2 amide bonds. The molecule has 0 spiro atoms. The summed E-state index contributed by atoms with van der Waals surface area (Å²) in [6, 6.07) is 15.3. The molecule has 5 heteroatoms. The van der Waals surface area contributed by atoms with Crippen LogP contribution in [0.2, 0.25) is 0 Å². The molecule has 22 heavy (non-hydrogen) atoms. The zero-order chi connectivity index (χ0) is 15.8. The summed E-state index contributed by atoms with van der Waals surface area (Å²) in [6.07, 6.45) is 1.66. The summed E-state index contributed by atoms with van der Waals surface area (Å²) in [4.78, 5) is 11.9. The molecule has 0 bridgehead atoms. The smallest absolute Gasteiger partial charge is 0.323 e. The third kappa shape index (κ3) is 4.39. The van der Waals surface area contributed by atoms with Gasteiger partial charge in [0, 0.05) is 11.4 Å². The molecule has 110 valence electrons. The summed E-state index contributed by atoms with van der Waals surface area (Å²) in [5.41, 5.74) is 1.68. The van der Waals surface area contributed by atoms with Crippen LogP contribution in [0.15, 0.2) is 61.2 Å². The second-order valence-electron chi connectivity index (χ2n) is 4.40. The van der Waals surface area contributed by atoms with Crippen LogP contribution in [0.1, 0.15) is 5.56 Å². The quantitative estimate of drug-likeness (QED) is 0.824. The standard InChI is InChI=1S/C17H15N3O2/c1-2-10-22-16-8-6-14(7-9-16)19-17(21)20-15-5-3-4-13(11-15)12-18/h2-9,11H,1,10H2,(H2,19,20,21). The van der Waals surface area contributed by atoms with Crippen LogP contribution < -0.4 is 15.4 Å². The number of amides is 2. The topological polar surface area (TPSA) is 74.2 Å². The van der Waals surface area contributed by atoms with Crippen molar-refractivity contribution in [3.8, 4) is 11.8 Å². The van der Waals surface area contributed by atoms with Crippen LogP contribution in [0.3, 0.4) is 0 Å². The van der Waals surface area contributed by atoms with Gasteiger partial charge >= 0.3 is 6.03 Å². The van der Waals surface area contributed by atoms with Gasteiger partial charge in [0.25, 0.3) is 0 Å². The molecular weight excluding hydrogens is 278 g/mol. The maximum atomic E-state index is 11.9. The Kier molecular flexibility index (Phi) is 5.16. The molecule has 2 aromatic rings. The first-order valence-electron chi connectivity index (χ1n) is 6.63. The molecule has 0 aliphatic carbocycles. The highest BCUT2D eigenvalue weighted by Gasteiger charge is 2.03. The van der Waals surface area contributed by atoms with Gasteiger partial charge in [-0.2, -0.15) is 5.26 Å². The third-order valence-corrected chi connectivity index (χ3v) is 2.73. The van der Waals surface area contributed by atoms with Crippen molar-refractivity contribution in [2.24, 2.45) is 0 Å². The molecule has 2 N–H and O–H groups in total. The highest BCUT2D eigenvalue weighted by atomic mass is 16.5. The summed E-state index contributed by atoms with van der Waals surface area (Å²) in [5, 5.41) is 14.2. The second-order valence-corrected chi connectivity index (χ2v) is 4.40. The van der Waals surface area contributed by atoms with Gasteiger partial charge < -0.3 is 15.4 Å². The molecule has 0 aromatic heterocycles. The highest BCUT2D eigenvalue weighted by molar-refractivity contribution is 5.99. The first-order chi connectivity index (χ1) is 10.7. The average Bonchev–Trinajstić information content (AvgIpc) is 2.54. The summed E-state index contributed by atoms with van der Waals surface area (Å²) >= 11 is 0. The van der Waals surface area contributed by atoms with E-state index >= 15 is 0 Å². The van der Waals surface area contributed by atoms with Crippen LogP contribution in [-0.4, -0.2) is 12.6 Å². The predicted molar refractivity (Wildman–Crippen MR) is 85.9 cm³/mol. The molecular formula is C17H15N3O2. The SMILES string of the molecule is C=CCOc1ccc(NC(=O)Nc2cccc(C#N)c2)cc1. The van der Waals surface area contributed by atoms with E-state index in [9.17, 15) is 4.79 Å². The monoisotopic (exact) mass is 293 g/mol.